The second-order valence-corrected chi connectivity index (χ2v) is 7.23. The number of aromatic nitrogens is 3. The van der Waals surface area contributed by atoms with Crippen molar-refractivity contribution < 1.29 is 8.42 Å². The van der Waals surface area contributed by atoms with Gasteiger partial charge in [0.15, 0.2) is 0 Å². The van der Waals surface area contributed by atoms with Crippen molar-refractivity contribution in [3.05, 3.63) is 72.1 Å². The number of aryl methyl sites for hydroxylation is 1. The predicted octanol–water partition coefficient (Wildman–Crippen LogP) is 2.10. The monoisotopic (exact) mass is 342 g/mol. The molecule has 24 heavy (non-hydrogen) atoms. The summed E-state index contributed by atoms with van der Waals surface area (Å²) in [4.78, 5) is 4.29. The van der Waals surface area contributed by atoms with Crippen LogP contribution in [0.2, 0.25) is 0 Å². The number of rotatable bonds is 6. The Morgan fingerprint density at radius 2 is 1.83 bits per heavy atom. The highest BCUT2D eigenvalue weighted by molar-refractivity contribution is 7.88. The van der Waals surface area contributed by atoms with Gasteiger partial charge in [-0.3, -0.25) is 9.67 Å². The quantitative estimate of drug-likeness (QED) is 0.744. The third kappa shape index (κ3) is 4.06. The van der Waals surface area contributed by atoms with Gasteiger partial charge >= 0.3 is 0 Å². The minimum absolute atomic E-state index is 0.0478. The van der Waals surface area contributed by atoms with E-state index in [0.29, 0.717) is 5.69 Å². The second-order valence-electron chi connectivity index (χ2n) is 5.43. The van der Waals surface area contributed by atoms with Crippen molar-refractivity contribution in [2.24, 2.45) is 7.05 Å². The molecule has 0 saturated carbocycles. The van der Waals surface area contributed by atoms with E-state index in [1.165, 1.54) is 0 Å². The molecular formula is C17H18N4O2S. The summed E-state index contributed by atoms with van der Waals surface area (Å²) >= 11 is 0. The van der Waals surface area contributed by atoms with Gasteiger partial charge in [0, 0.05) is 13.2 Å². The molecule has 0 spiro atoms. The highest BCUT2D eigenvalue weighted by Crippen LogP contribution is 2.17. The fourth-order valence-corrected chi connectivity index (χ4v) is 3.50. The maximum Gasteiger partial charge on any atom is 0.216 e. The smallest absolute Gasteiger partial charge is 0.216 e. The number of nitrogens with zero attached hydrogens (tertiary/aromatic N) is 3. The molecule has 2 aromatic heterocycles. The van der Waals surface area contributed by atoms with E-state index in [9.17, 15) is 8.42 Å². The Morgan fingerprint density at radius 3 is 2.54 bits per heavy atom. The van der Waals surface area contributed by atoms with Crippen molar-refractivity contribution in [1.82, 2.24) is 19.5 Å². The summed E-state index contributed by atoms with van der Waals surface area (Å²) in [6, 6.07) is 16.6. The van der Waals surface area contributed by atoms with E-state index < -0.39 is 10.0 Å². The highest BCUT2D eigenvalue weighted by atomic mass is 32.2. The minimum Gasteiger partial charge on any atom is -0.266 e. The largest absolute Gasteiger partial charge is 0.266 e. The van der Waals surface area contributed by atoms with Gasteiger partial charge in [0.1, 0.15) is 0 Å². The Hall–Kier alpha value is -2.51. The number of hydrogen-bond donors (Lipinski definition) is 1. The first-order chi connectivity index (χ1) is 11.5. The lowest BCUT2D eigenvalue weighted by atomic mass is 10.2. The van der Waals surface area contributed by atoms with Gasteiger partial charge in [-0.2, -0.15) is 5.10 Å². The number of nitrogens with one attached hydrogen (secondary N) is 1. The van der Waals surface area contributed by atoms with Crippen LogP contribution in [0.4, 0.5) is 0 Å². The van der Waals surface area contributed by atoms with Gasteiger partial charge in [-0.1, -0.05) is 36.4 Å². The van der Waals surface area contributed by atoms with Crippen LogP contribution >= 0.6 is 0 Å². The van der Waals surface area contributed by atoms with E-state index in [0.717, 1.165) is 17.0 Å². The van der Waals surface area contributed by atoms with E-state index in [1.54, 1.807) is 23.0 Å². The molecule has 0 radical (unpaired) electrons. The number of pyridine rings is 1. The molecule has 2 heterocycles. The molecule has 0 saturated heterocycles. The summed E-state index contributed by atoms with van der Waals surface area (Å²) < 4.78 is 28.6. The Labute approximate surface area is 141 Å². The van der Waals surface area contributed by atoms with Gasteiger partial charge in [0.2, 0.25) is 10.0 Å². The zero-order valence-electron chi connectivity index (χ0n) is 13.3. The summed E-state index contributed by atoms with van der Waals surface area (Å²) in [5.74, 6) is -0.0478. The SMILES string of the molecule is Cn1nc(CNS(=O)(=O)Cc2ccccc2)cc1-c1ccccn1. The van der Waals surface area contributed by atoms with Crippen LogP contribution in [0.15, 0.2) is 60.8 Å². The third-order valence-electron chi connectivity index (χ3n) is 3.53. The van der Waals surface area contributed by atoms with Crippen molar-refractivity contribution in [2.75, 3.05) is 0 Å². The van der Waals surface area contributed by atoms with Crippen LogP contribution in [0.5, 0.6) is 0 Å². The van der Waals surface area contributed by atoms with Crippen LogP contribution in [0.3, 0.4) is 0 Å². The molecule has 0 fully saturated rings. The number of hydrogen-bond acceptors (Lipinski definition) is 4. The third-order valence-corrected chi connectivity index (χ3v) is 4.83. The Bertz CT molecular complexity index is 906. The molecule has 3 aromatic rings. The fourth-order valence-electron chi connectivity index (χ4n) is 2.40. The molecule has 124 valence electrons. The van der Waals surface area contributed by atoms with Gasteiger partial charge in [-0.05, 0) is 23.8 Å². The van der Waals surface area contributed by atoms with Gasteiger partial charge in [0.25, 0.3) is 0 Å². The lowest BCUT2D eigenvalue weighted by Crippen LogP contribution is -2.25. The Kier molecular flexibility index (Phi) is 4.73. The van der Waals surface area contributed by atoms with Gasteiger partial charge in [-0.15, -0.1) is 0 Å². The summed E-state index contributed by atoms with van der Waals surface area (Å²) in [6.45, 7) is 0.149. The van der Waals surface area contributed by atoms with E-state index in [-0.39, 0.29) is 12.3 Å². The number of benzene rings is 1. The molecule has 0 bridgehead atoms. The lowest BCUT2D eigenvalue weighted by Gasteiger charge is -2.05. The topological polar surface area (TPSA) is 76.9 Å². The van der Waals surface area contributed by atoms with Gasteiger partial charge in [-0.25, -0.2) is 13.1 Å². The van der Waals surface area contributed by atoms with Crippen molar-refractivity contribution in [2.45, 2.75) is 12.3 Å². The average Bonchev–Trinajstić information content (AvgIpc) is 2.95. The predicted molar refractivity (Wildman–Crippen MR) is 92.3 cm³/mol. The normalized spacial score (nSPS) is 11.5. The molecule has 3 rings (SSSR count). The molecule has 1 N–H and O–H groups in total. The molecule has 0 aliphatic rings. The lowest BCUT2D eigenvalue weighted by molar-refractivity contribution is 0.578. The van der Waals surface area contributed by atoms with Gasteiger partial charge < -0.3 is 0 Å². The van der Waals surface area contributed by atoms with Crippen LogP contribution in [-0.4, -0.2) is 23.2 Å². The molecular weight excluding hydrogens is 324 g/mol. The van der Waals surface area contributed by atoms with Crippen molar-refractivity contribution in [3.8, 4) is 11.4 Å². The van der Waals surface area contributed by atoms with E-state index in [1.807, 2.05) is 49.5 Å². The molecule has 1 aromatic carbocycles. The molecule has 0 unspecified atom stereocenters. The van der Waals surface area contributed by atoms with Crippen molar-refractivity contribution in [1.29, 1.82) is 0 Å². The first kappa shape index (κ1) is 16.4. The van der Waals surface area contributed by atoms with E-state index >= 15 is 0 Å². The average molecular weight is 342 g/mol. The maximum atomic E-state index is 12.2. The van der Waals surface area contributed by atoms with Crippen molar-refractivity contribution >= 4 is 10.0 Å². The van der Waals surface area contributed by atoms with Crippen LogP contribution < -0.4 is 4.72 Å². The number of sulfonamides is 1. The Morgan fingerprint density at radius 1 is 1.08 bits per heavy atom. The summed E-state index contributed by atoms with van der Waals surface area (Å²) in [6.07, 6.45) is 1.71. The first-order valence-corrected chi connectivity index (χ1v) is 9.14. The maximum absolute atomic E-state index is 12.2. The van der Waals surface area contributed by atoms with Gasteiger partial charge in [0.05, 0.1) is 29.4 Å². The zero-order chi connectivity index (χ0) is 17.0. The summed E-state index contributed by atoms with van der Waals surface area (Å²) in [5.41, 5.74) is 3.04. The minimum atomic E-state index is -3.42. The Balaban J connectivity index is 1.69. The standard InChI is InChI=1S/C17H18N4O2S/c1-21-17(16-9-5-6-10-18-16)11-15(20-21)12-19-24(22,23)13-14-7-3-2-4-8-14/h2-11,19H,12-13H2,1H3. The highest BCUT2D eigenvalue weighted by Gasteiger charge is 2.14. The van der Waals surface area contributed by atoms with E-state index in [2.05, 4.69) is 14.8 Å². The summed E-state index contributed by atoms with van der Waals surface area (Å²) in [7, 11) is -1.60. The molecule has 7 heteroatoms. The summed E-state index contributed by atoms with van der Waals surface area (Å²) in [5, 5.41) is 4.35. The van der Waals surface area contributed by atoms with E-state index in [4.69, 9.17) is 0 Å². The molecule has 0 atom stereocenters. The molecule has 0 aliphatic heterocycles. The second kappa shape index (κ2) is 6.94. The van der Waals surface area contributed by atoms with Crippen LogP contribution in [-0.2, 0) is 29.4 Å². The fraction of sp³-hybridized carbons (Fsp3) is 0.176. The molecule has 6 nitrogen and oxygen atoms in total. The molecule has 0 aliphatic carbocycles. The zero-order valence-corrected chi connectivity index (χ0v) is 14.1. The van der Waals surface area contributed by atoms with Crippen LogP contribution in [0.25, 0.3) is 11.4 Å². The van der Waals surface area contributed by atoms with Crippen LogP contribution in [0, 0.1) is 0 Å². The molecule has 0 amide bonds. The van der Waals surface area contributed by atoms with Crippen molar-refractivity contribution in [3.63, 3.8) is 0 Å². The van der Waals surface area contributed by atoms with Crippen LogP contribution in [0.1, 0.15) is 11.3 Å². The first-order valence-electron chi connectivity index (χ1n) is 7.49.